The maximum Gasteiger partial charge on any atom is 0.435 e. The molecule has 31 heteroatoms. The molecule has 1 radical (unpaired) electrons. The molecule has 0 unspecified atom stereocenters. The largest absolute Gasteiger partial charge is 0.435 e. The molecule has 43 heavy (non-hydrogen) atoms. The average molecular weight is 767 g/mol. The molecule has 0 atom stereocenters. The summed E-state index contributed by atoms with van der Waals surface area (Å²) >= 11 is 0. The Bertz CT molecular complexity index is 632. The fourth-order valence-electron chi connectivity index (χ4n) is 1.45. The van der Waals surface area contributed by atoms with Gasteiger partial charge in [-0.3, -0.25) is 0 Å². The maximum atomic E-state index is 11.4. The molecule has 0 aliphatic carbocycles. The molecule has 0 bridgehead atoms. The maximum absolute atomic E-state index is 11.4. The number of hydrogen-bond donors (Lipinski definition) is 3. The van der Waals surface area contributed by atoms with Gasteiger partial charge in [-0.1, -0.05) is 0 Å². The second-order valence-electron chi connectivity index (χ2n) is 6.61. The second kappa shape index (κ2) is 12.7. The van der Waals surface area contributed by atoms with E-state index in [1.54, 1.807) is 0 Å². The summed E-state index contributed by atoms with van der Waals surface area (Å²) in [5, 5.41) is 22.9. The number of alkyl halides is 27. The second-order valence-corrected chi connectivity index (χ2v) is 6.61. The first-order valence-corrected chi connectivity index (χ1v) is 8.02. The van der Waals surface area contributed by atoms with Crippen molar-refractivity contribution in [3.05, 3.63) is 0 Å². The molecule has 0 saturated heterocycles. The molecule has 0 rings (SSSR count). The Morgan fingerprint density at radius 3 is 0.233 bits per heavy atom. The van der Waals surface area contributed by atoms with E-state index in [9.17, 15) is 119 Å². The third-order valence-corrected chi connectivity index (χ3v) is 3.69. The normalized spacial score (nSPS) is 15.5. The van der Waals surface area contributed by atoms with Crippen molar-refractivity contribution in [2.75, 3.05) is 0 Å². The molecule has 3 N–H and O–H groups in total. The van der Waals surface area contributed by atoms with Crippen molar-refractivity contribution in [2.45, 2.75) is 72.4 Å². The van der Waals surface area contributed by atoms with Gasteiger partial charge < -0.3 is 15.3 Å². The zero-order chi connectivity index (χ0) is 36.0. The van der Waals surface area contributed by atoms with Gasteiger partial charge in [0.2, 0.25) is 0 Å². The monoisotopic (exact) mass is 767 g/mol. The average Bonchev–Trinajstić information content (AvgIpc) is 2.58. The molecule has 267 valence electrons. The first-order valence-electron chi connectivity index (χ1n) is 8.02. The smallest absolute Gasteiger partial charge is 0.367 e. The fraction of sp³-hybridized carbons (Fsp3) is 1.00. The fourth-order valence-corrected chi connectivity index (χ4v) is 1.45. The molecular weight excluding hydrogens is 764 g/mol. The van der Waals surface area contributed by atoms with E-state index in [0.29, 0.717) is 0 Å². The molecule has 0 aromatic heterocycles. The van der Waals surface area contributed by atoms with E-state index in [1.165, 1.54) is 0 Å². The summed E-state index contributed by atoms with van der Waals surface area (Å²) in [5.74, 6) is 0. The molecule has 0 aliphatic heterocycles. The van der Waals surface area contributed by atoms with Crippen LogP contribution in [0.5, 0.6) is 0 Å². The molecule has 0 heterocycles. The Morgan fingerprint density at radius 2 is 0.233 bits per heavy atom. The molecule has 3 nitrogen and oxygen atoms in total. The van der Waals surface area contributed by atoms with Crippen LogP contribution in [0.2, 0.25) is 0 Å². The van der Waals surface area contributed by atoms with Crippen LogP contribution >= 0.6 is 0 Å². The van der Waals surface area contributed by atoms with Crippen LogP contribution < -0.4 is 0 Å². The van der Waals surface area contributed by atoms with Gasteiger partial charge in [-0.05, 0) is 0 Å². The Hall–Kier alpha value is -1.50. The number of halogens is 27. The van der Waals surface area contributed by atoms with E-state index < -0.39 is 72.4 Å². The van der Waals surface area contributed by atoms with Crippen molar-refractivity contribution in [1.29, 1.82) is 0 Å². The van der Waals surface area contributed by atoms with Crippen molar-refractivity contribution >= 4 is 0 Å². The summed E-state index contributed by atoms with van der Waals surface area (Å²) in [6.45, 7) is 0. The van der Waals surface area contributed by atoms with E-state index in [4.69, 9.17) is 15.3 Å². The van der Waals surface area contributed by atoms with Gasteiger partial charge in [0.15, 0.2) is 0 Å². The van der Waals surface area contributed by atoms with Gasteiger partial charge in [0.25, 0.3) is 0 Å². The predicted octanol–water partition coefficient (Wildman–Crippen LogP) is 7.21. The third-order valence-electron chi connectivity index (χ3n) is 3.69. The van der Waals surface area contributed by atoms with Crippen LogP contribution in [-0.2, 0) is 16.8 Å². The standard InChI is InChI=1S/3C4HF9O.Co/c3*5-2(6,7)1(14,3(8,9)10)4(11,12)13;/h3*14H;. The topological polar surface area (TPSA) is 60.7 Å². The van der Waals surface area contributed by atoms with Crippen LogP contribution in [0.3, 0.4) is 0 Å². The summed E-state index contributed by atoms with van der Waals surface area (Å²) in [5.41, 5.74) is -20.1. The molecule has 0 aliphatic rings. The van der Waals surface area contributed by atoms with Gasteiger partial charge in [-0.2, -0.15) is 119 Å². The Morgan fingerprint density at radius 1 is 0.186 bits per heavy atom. The van der Waals surface area contributed by atoms with Crippen LogP contribution in [0.25, 0.3) is 0 Å². The molecular formula is C12H3CoF27O3. The molecule has 0 fully saturated rings. The first-order chi connectivity index (χ1) is 17.2. The van der Waals surface area contributed by atoms with Crippen molar-refractivity contribution in [3.63, 3.8) is 0 Å². The van der Waals surface area contributed by atoms with E-state index in [1.807, 2.05) is 0 Å². The Balaban J connectivity index is -0.000000262. The van der Waals surface area contributed by atoms with Crippen LogP contribution in [0.4, 0.5) is 119 Å². The Labute approximate surface area is 224 Å². The summed E-state index contributed by atoms with van der Waals surface area (Å²) in [6.07, 6.45) is -61.8. The van der Waals surface area contributed by atoms with E-state index in [2.05, 4.69) is 0 Å². The third kappa shape index (κ3) is 9.50. The van der Waals surface area contributed by atoms with Crippen molar-refractivity contribution in [3.8, 4) is 0 Å². The van der Waals surface area contributed by atoms with Gasteiger partial charge in [-0.15, -0.1) is 0 Å². The minimum atomic E-state index is -6.87. The van der Waals surface area contributed by atoms with Crippen molar-refractivity contribution < 1.29 is 151 Å². The summed E-state index contributed by atoms with van der Waals surface area (Å²) in [4.78, 5) is 0. The molecule has 0 spiro atoms. The number of aliphatic hydroxyl groups is 3. The quantitative estimate of drug-likeness (QED) is 0.229. The van der Waals surface area contributed by atoms with Gasteiger partial charge in [-0.25, -0.2) is 0 Å². The van der Waals surface area contributed by atoms with Crippen molar-refractivity contribution in [2.24, 2.45) is 0 Å². The summed E-state index contributed by atoms with van der Waals surface area (Å²) < 4.78 is 308. The van der Waals surface area contributed by atoms with Gasteiger partial charge in [0, 0.05) is 16.8 Å². The predicted molar refractivity (Wildman–Crippen MR) is 69.3 cm³/mol. The van der Waals surface area contributed by atoms with Gasteiger partial charge >= 0.3 is 72.4 Å². The van der Waals surface area contributed by atoms with Crippen LogP contribution in [0.15, 0.2) is 0 Å². The molecule has 0 amide bonds. The molecule has 0 saturated carbocycles. The van der Waals surface area contributed by atoms with Gasteiger partial charge in [0.05, 0.1) is 0 Å². The molecule has 0 aromatic carbocycles. The number of hydrogen-bond acceptors (Lipinski definition) is 3. The van der Waals surface area contributed by atoms with Crippen LogP contribution in [0.1, 0.15) is 0 Å². The minimum Gasteiger partial charge on any atom is -0.367 e. The zero-order valence-corrected chi connectivity index (χ0v) is 18.9. The van der Waals surface area contributed by atoms with E-state index >= 15 is 0 Å². The number of rotatable bonds is 0. The van der Waals surface area contributed by atoms with Crippen LogP contribution in [-0.4, -0.2) is 87.7 Å². The first kappa shape index (κ1) is 48.4. The summed E-state index contributed by atoms with van der Waals surface area (Å²) in [7, 11) is 0. The van der Waals surface area contributed by atoms with E-state index in [-0.39, 0.29) is 16.8 Å². The minimum absolute atomic E-state index is 0. The SMILES string of the molecule is OC(C(F)(F)F)(C(F)(F)F)C(F)(F)F.OC(C(F)(F)F)(C(F)(F)F)C(F)(F)F.OC(C(F)(F)F)(C(F)(F)F)C(F)(F)F.[Co]. The molecule has 0 aromatic rings. The summed E-state index contributed by atoms with van der Waals surface area (Å²) in [6, 6.07) is 0. The van der Waals surface area contributed by atoms with Crippen molar-refractivity contribution in [1.82, 2.24) is 0 Å². The Kier molecular flexibility index (Phi) is 14.3. The van der Waals surface area contributed by atoms with Crippen LogP contribution in [0, 0.1) is 0 Å². The van der Waals surface area contributed by atoms with Gasteiger partial charge in [0.1, 0.15) is 0 Å². The van der Waals surface area contributed by atoms with E-state index in [0.717, 1.165) is 0 Å². The zero-order valence-electron chi connectivity index (χ0n) is 17.9.